The summed E-state index contributed by atoms with van der Waals surface area (Å²) < 4.78 is 0. The number of rotatable bonds is 4. The topological polar surface area (TPSA) is 73.5 Å². The minimum atomic E-state index is 0. The van der Waals surface area contributed by atoms with Crippen LogP contribution in [-0.2, 0) is 41.7 Å². The fourth-order valence-corrected chi connectivity index (χ4v) is 3.13. The Morgan fingerprint density at radius 2 is 1.26 bits per heavy atom. The normalized spacial score (nSPS) is 16.7. The molecule has 0 unspecified atom stereocenters. The van der Waals surface area contributed by atoms with Gasteiger partial charge in [-0.25, -0.2) is 0 Å². The molecule has 0 bridgehead atoms. The van der Waals surface area contributed by atoms with Gasteiger partial charge in [-0.2, -0.15) is 10.2 Å². The Hall–Kier alpha value is -2.09. The van der Waals surface area contributed by atoms with Crippen LogP contribution in [-0.4, -0.2) is 34.8 Å². The van der Waals surface area contributed by atoms with Gasteiger partial charge in [0.25, 0.3) is 0 Å². The van der Waals surface area contributed by atoms with Gasteiger partial charge in [-0.05, 0) is 29.6 Å². The first-order valence-electron chi connectivity index (χ1n) is 8.28. The van der Waals surface area contributed by atoms with Gasteiger partial charge in [0.2, 0.25) is 0 Å². The Balaban J connectivity index is 0.00000261. The predicted molar refractivity (Wildman–Crippen MR) is 114 cm³/mol. The van der Waals surface area contributed by atoms with Crippen LogP contribution in [0.25, 0.3) is 10.8 Å². The monoisotopic (exact) mass is 440 g/mol. The molecule has 0 atom stereocenters. The largest absolute Gasteiger partial charge is 2.00 e. The van der Waals surface area contributed by atoms with Crippen molar-refractivity contribution in [2.45, 2.75) is 13.8 Å². The maximum absolute atomic E-state index is 5.16. The quantitative estimate of drug-likeness (QED) is 0.251. The van der Waals surface area contributed by atoms with E-state index in [0.29, 0.717) is 34.8 Å². The zero-order valence-corrected chi connectivity index (χ0v) is 17.4. The summed E-state index contributed by atoms with van der Waals surface area (Å²) in [6.07, 6.45) is 0. The zero-order chi connectivity index (χ0) is 18.5. The van der Waals surface area contributed by atoms with E-state index in [2.05, 4.69) is 43.2 Å². The SMILES string of the molecule is CCN=C([S-])N/N=C1\C(=N\NC([S-])=NCC)c2cccc3cccc1c23.[Ni+2]. The summed E-state index contributed by atoms with van der Waals surface area (Å²) in [5.74, 6) is 0. The molecule has 0 aromatic heterocycles. The van der Waals surface area contributed by atoms with Gasteiger partial charge in [0.1, 0.15) is 11.4 Å². The van der Waals surface area contributed by atoms with E-state index < -0.39 is 0 Å². The van der Waals surface area contributed by atoms with Crippen molar-refractivity contribution in [1.29, 1.82) is 0 Å². The van der Waals surface area contributed by atoms with Crippen molar-refractivity contribution in [1.82, 2.24) is 10.9 Å². The number of hydrogen-bond donors (Lipinski definition) is 2. The van der Waals surface area contributed by atoms with Crippen LogP contribution < -0.4 is 10.9 Å². The number of benzene rings is 2. The van der Waals surface area contributed by atoms with Crippen molar-refractivity contribution in [3.05, 3.63) is 47.5 Å². The van der Waals surface area contributed by atoms with E-state index >= 15 is 0 Å². The Morgan fingerprint density at radius 1 is 0.815 bits per heavy atom. The molecule has 0 saturated carbocycles. The standard InChI is InChI=1S/C18H20N6S2.Ni/c1-3-19-17(25)23-21-15-12-9-5-7-11-8-6-10-13(14(11)12)16(15)22-24-18(26)20-4-2;/h5-10H,3-4H2,1-2H3,(H2,19,23,25)(H2,20,24,26);/q;+2/p-2/b21-15-,22-16+;. The van der Waals surface area contributed by atoms with Gasteiger partial charge in [0, 0.05) is 29.6 Å². The molecule has 0 radical (unpaired) electrons. The number of hydrazone groups is 2. The maximum Gasteiger partial charge on any atom is 2.00 e. The summed E-state index contributed by atoms with van der Waals surface area (Å²) in [5.41, 5.74) is 9.03. The fraction of sp³-hybridized carbons (Fsp3) is 0.222. The predicted octanol–water partition coefficient (Wildman–Crippen LogP) is 2.28. The zero-order valence-electron chi connectivity index (χ0n) is 14.8. The van der Waals surface area contributed by atoms with Gasteiger partial charge < -0.3 is 25.3 Å². The molecule has 0 heterocycles. The molecule has 1 aliphatic rings. The molecule has 27 heavy (non-hydrogen) atoms. The molecule has 0 spiro atoms. The molecule has 2 aromatic carbocycles. The first kappa shape index (κ1) is 21.2. The number of nitrogens with one attached hydrogen (secondary N) is 2. The summed E-state index contributed by atoms with van der Waals surface area (Å²) in [4.78, 5) is 8.26. The molecule has 2 N–H and O–H groups in total. The van der Waals surface area contributed by atoms with Crippen LogP contribution >= 0.6 is 0 Å². The van der Waals surface area contributed by atoms with Gasteiger partial charge in [-0.1, -0.05) is 36.4 Å². The molecule has 0 aliphatic heterocycles. The number of hydrogen-bond acceptors (Lipinski definition) is 6. The van der Waals surface area contributed by atoms with E-state index in [0.717, 1.165) is 21.9 Å². The summed E-state index contributed by atoms with van der Waals surface area (Å²) >= 11 is 10.3. The van der Waals surface area contributed by atoms with E-state index in [4.69, 9.17) is 25.3 Å². The van der Waals surface area contributed by atoms with Crippen molar-refractivity contribution >= 4 is 57.8 Å². The van der Waals surface area contributed by atoms with Crippen LogP contribution in [0, 0.1) is 0 Å². The second-order valence-electron chi connectivity index (χ2n) is 5.41. The molecular formula is C18H18N6NiS2. The van der Waals surface area contributed by atoms with E-state index in [1.54, 1.807) is 0 Å². The molecule has 6 nitrogen and oxygen atoms in total. The second kappa shape index (κ2) is 9.73. The van der Waals surface area contributed by atoms with Crippen molar-refractivity contribution < 1.29 is 16.5 Å². The third-order valence-electron chi connectivity index (χ3n) is 3.77. The van der Waals surface area contributed by atoms with Crippen molar-refractivity contribution in [2.75, 3.05) is 13.1 Å². The molecule has 9 heteroatoms. The third-order valence-corrected chi connectivity index (χ3v) is 4.21. The molecule has 142 valence electrons. The van der Waals surface area contributed by atoms with Crippen LogP contribution in [0.1, 0.15) is 25.0 Å². The molecule has 0 fully saturated rings. The fourth-order valence-electron chi connectivity index (χ4n) is 2.78. The molecule has 0 amide bonds. The Labute approximate surface area is 179 Å². The average molecular weight is 441 g/mol. The van der Waals surface area contributed by atoms with Gasteiger partial charge in [0.15, 0.2) is 0 Å². The van der Waals surface area contributed by atoms with Gasteiger partial charge >= 0.3 is 16.5 Å². The van der Waals surface area contributed by atoms with Crippen LogP contribution in [0.4, 0.5) is 0 Å². The van der Waals surface area contributed by atoms with Gasteiger partial charge in [0.05, 0.1) is 0 Å². The second-order valence-corrected chi connectivity index (χ2v) is 6.19. The molecular weight excluding hydrogens is 423 g/mol. The minimum absolute atomic E-state index is 0. The Bertz CT molecular complexity index is 879. The van der Waals surface area contributed by atoms with E-state index in [9.17, 15) is 0 Å². The van der Waals surface area contributed by atoms with E-state index in [1.807, 2.05) is 38.1 Å². The van der Waals surface area contributed by atoms with E-state index in [1.165, 1.54) is 0 Å². The number of aliphatic imine (C=N–C) groups is 2. The minimum Gasteiger partial charge on any atom is -0.741 e. The molecule has 3 rings (SSSR count). The van der Waals surface area contributed by atoms with Crippen LogP contribution in [0.3, 0.4) is 0 Å². The summed E-state index contributed by atoms with van der Waals surface area (Å²) in [6, 6.07) is 12.2. The van der Waals surface area contributed by atoms with Crippen molar-refractivity contribution in [3.8, 4) is 0 Å². The third kappa shape index (κ3) is 4.61. The molecule has 1 aliphatic carbocycles. The number of nitrogens with zero attached hydrogens (tertiary/aromatic N) is 4. The summed E-state index contributed by atoms with van der Waals surface area (Å²) in [7, 11) is 0. The first-order chi connectivity index (χ1) is 12.7. The van der Waals surface area contributed by atoms with Crippen LogP contribution in [0.15, 0.2) is 56.6 Å². The smallest absolute Gasteiger partial charge is 0.741 e. The average Bonchev–Trinajstić information content (AvgIpc) is 2.94. The molecule has 0 saturated heterocycles. The van der Waals surface area contributed by atoms with Crippen molar-refractivity contribution in [2.24, 2.45) is 20.2 Å². The summed E-state index contributed by atoms with van der Waals surface area (Å²) in [6.45, 7) is 5.04. The van der Waals surface area contributed by atoms with Crippen LogP contribution in [0.2, 0.25) is 0 Å². The first-order valence-corrected chi connectivity index (χ1v) is 9.10. The number of amidine groups is 2. The van der Waals surface area contributed by atoms with Gasteiger partial charge in [-0.15, -0.1) is 0 Å². The van der Waals surface area contributed by atoms with Crippen LogP contribution in [0.5, 0.6) is 0 Å². The molecule has 2 aromatic rings. The van der Waals surface area contributed by atoms with Crippen molar-refractivity contribution in [3.63, 3.8) is 0 Å². The summed E-state index contributed by atoms with van der Waals surface area (Å²) in [5, 5.41) is 11.9. The Morgan fingerprint density at radius 3 is 1.67 bits per heavy atom. The van der Waals surface area contributed by atoms with Gasteiger partial charge in [-0.3, -0.25) is 20.8 Å². The Kier molecular flexibility index (Phi) is 7.65. The van der Waals surface area contributed by atoms with E-state index in [-0.39, 0.29) is 16.5 Å². The maximum atomic E-state index is 5.16.